The van der Waals surface area contributed by atoms with Gasteiger partial charge in [-0.3, -0.25) is 4.79 Å². The van der Waals surface area contributed by atoms with Crippen molar-refractivity contribution >= 4 is 21.3 Å². The molecule has 0 fully saturated rings. The smallest absolute Gasteiger partial charge is 0.185 e. The minimum Gasteiger partial charge on any atom is -0.385 e. The number of nitrogens with one attached hydrogen (secondary N) is 1. The van der Waals surface area contributed by atoms with Gasteiger partial charge in [0.05, 0.1) is 4.90 Å². The Bertz CT molecular complexity index is 953. The zero-order valence-electron chi connectivity index (χ0n) is 22.5. The van der Waals surface area contributed by atoms with Gasteiger partial charge in [0.15, 0.2) is 15.6 Å². The van der Waals surface area contributed by atoms with Gasteiger partial charge in [-0.15, -0.1) is 0 Å². The number of carbonyl (C=O) groups excluding carboxylic acids is 1. The molecule has 4 nitrogen and oxygen atoms in total. The minimum atomic E-state index is -3.62. The van der Waals surface area contributed by atoms with Gasteiger partial charge in [0.25, 0.3) is 0 Å². The molecule has 0 saturated heterocycles. The molecule has 36 heavy (non-hydrogen) atoms. The monoisotopic (exact) mass is 513 g/mol. The number of carbonyl (C=O) groups is 1. The maximum atomic E-state index is 12.5. The van der Waals surface area contributed by atoms with Gasteiger partial charge >= 0.3 is 0 Å². The molecule has 0 aromatic heterocycles. The molecule has 1 N–H and O–H groups in total. The van der Waals surface area contributed by atoms with Gasteiger partial charge in [0, 0.05) is 17.8 Å². The van der Waals surface area contributed by atoms with Crippen LogP contribution in [-0.2, 0) is 9.84 Å². The third kappa shape index (κ3) is 12.7. The van der Waals surface area contributed by atoms with Crippen LogP contribution in [-0.4, -0.2) is 26.5 Å². The summed E-state index contributed by atoms with van der Waals surface area (Å²) in [6.45, 7) is 5.53. The van der Waals surface area contributed by atoms with Crippen molar-refractivity contribution in [3.63, 3.8) is 0 Å². The van der Waals surface area contributed by atoms with Crippen molar-refractivity contribution < 1.29 is 13.2 Å². The van der Waals surface area contributed by atoms with E-state index >= 15 is 0 Å². The Morgan fingerprint density at radius 3 is 1.72 bits per heavy atom. The van der Waals surface area contributed by atoms with Crippen LogP contribution in [0.1, 0.15) is 108 Å². The molecule has 0 spiro atoms. The number of hydrogen-bond donors (Lipinski definition) is 1. The third-order valence-corrected chi connectivity index (χ3v) is 8.30. The quantitative estimate of drug-likeness (QED) is 0.142. The van der Waals surface area contributed by atoms with E-state index in [1.54, 1.807) is 30.3 Å². The van der Waals surface area contributed by atoms with Crippen LogP contribution in [0.4, 0.5) is 5.69 Å². The molecule has 0 atom stereocenters. The van der Waals surface area contributed by atoms with Crippen LogP contribution >= 0.6 is 0 Å². The summed E-state index contributed by atoms with van der Waals surface area (Å²) in [7, 11) is -3.62. The molecule has 200 valence electrons. The number of rotatable bonds is 20. The summed E-state index contributed by atoms with van der Waals surface area (Å²) >= 11 is 0. The molecule has 0 radical (unpaired) electrons. The number of sulfone groups is 1. The van der Waals surface area contributed by atoms with Gasteiger partial charge in [-0.1, -0.05) is 109 Å². The van der Waals surface area contributed by atoms with Gasteiger partial charge < -0.3 is 5.32 Å². The lowest BCUT2D eigenvalue weighted by atomic mass is 10.0. The second-order valence-electron chi connectivity index (χ2n) is 10.4. The molecule has 0 aliphatic rings. The Kier molecular flexibility index (Phi) is 14.5. The highest BCUT2D eigenvalue weighted by Gasteiger charge is 2.20. The molecule has 0 aliphatic carbocycles. The molecule has 0 amide bonds. The Morgan fingerprint density at radius 2 is 1.19 bits per heavy atom. The van der Waals surface area contributed by atoms with Gasteiger partial charge in [0.2, 0.25) is 0 Å². The standard InChI is InChI=1S/C31H47NO3S/c1-27(2)18-14-11-9-7-5-3-4-6-8-10-12-17-25-32-29-23-21-28(22-24-29)31(33)26-36(34,35)30-19-15-13-16-20-30/h13,15-16,19-24,27,32H,3-12,14,17-18,25-26H2,1-2H3. The Labute approximate surface area is 220 Å². The molecule has 2 aromatic carbocycles. The van der Waals surface area contributed by atoms with E-state index in [0.29, 0.717) is 5.56 Å². The van der Waals surface area contributed by atoms with Crippen molar-refractivity contribution in [3.05, 3.63) is 60.2 Å². The molecule has 2 aromatic rings. The molecule has 2 rings (SSSR count). The first-order valence-electron chi connectivity index (χ1n) is 14.0. The van der Waals surface area contributed by atoms with E-state index in [-0.39, 0.29) is 10.7 Å². The molecule has 0 heterocycles. The van der Waals surface area contributed by atoms with Crippen LogP contribution in [0.15, 0.2) is 59.5 Å². The number of hydrogen-bond acceptors (Lipinski definition) is 4. The third-order valence-electron chi connectivity index (χ3n) is 6.67. The van der Waals surface area contributed by atoms with Crippen LogP contribution in [0.5, 0.6) is 0 Å². The Morgan fingerprint density at radius 1 is 0.694 bits per heavy atom. The number of Topliss-reactive ketones (excluding diaryl/α,β-unsaturated/α-hetero) is 1. The van der Waals surface area contributed by atoms with Gasteiger partial charge in [-0.25, -0.2) is 8.42 Å². The zero-order valence-corrected chi connectivity index (χ0v) is 23.3. The Hall–Kier alpha value is -2.14. The van der Waals surface area contributed by atoms with Gasteiger partial charge in [-0.05, 0) is 48.7 Å². The van der Waals surface area contributed by atoms with Crippen LogP contribution in [0.25, 0.3) is 0 Å². The number of unbranched alkanes of at least 4 members (excludes halogenated alkanes) is 11. The predicted octanol–water partition coefficient (Wildman–Crippen LogP) is 8.48. The lowest BCUT2D eigenvalue weighted by Crippen LogP contribution is -2.16. The summed E-state index contributed by atoms with van der Waals surface area (Å²) < 4.78 is 24.9. The maximum absolute atomic E-state index is 12.5. The van der Waals surface area contributed by atoms with Crippen LogP contribution < -0.4 is 5.32 Å². The van der Waals surface area contributed by atoms with Crippen LogP contribution in [0.3, 0.4) is 0 Å². The zero-order chi connectivity index (χ0) is 26.1. The summed E-state index contributed by atoms with van der Waals surface area (Å²) in [6, 6.07) is 15.2. The molecule has 0 aliphatic heterocycles. The largest absolute Gasteiger partial charge is 0.385 e. The molecule has 0 bridgehead atoms. The summed E-state index contributed by atoms with van der Waals surface area (Å²) in [5, 5.41) is 3.40. The SMILES string of the molecule is CC(C)CCCCCCCCCCCCCCNc1ccc(C(=O)CS(=O)(=O)c2ccccc2)cc1. The molecule has 0 saturated carbocycles. The number of anilines is 1. The second kappa shape index (κ2) is 17.3. The lowest BCUT2D eigenvalue weighted by Gasteiger charge is -2.08. The fourth-order valence-electron chi connectivity index (χ4n) is 4.42. The minimum absolute atomic E-state index is 0.180. The first kappa shape index (κ1) is 30.1. The lowest BCUT2D eigenvalue weighted by molar-refractivity contribution is 0.102. The Balaban J connectivity index is 1.49. The molecule has 5 heteroatoms. The van der Waals surface area contributed by atoms with Crippen molar-refractivity contribution in [2.24, 2.45) is 5.92 Å². The van der Waals surface area contributed by atoms with E-state index in [1.807, 2.05) is 12.1 Å². The second-order valence-corrected chi connectivity index (χ2v) is 12.4. The molecular formula is C31H47NO3S. The van der Waals surface area contributed by atoms with E-state index < -0.39 is 15.6 Å². The van der Waals surface area contributed by atoms with Crippen molar-refractivity contribution in [1.82, 2.24) is 0 Å². The van der Waals surface area contributed by atoms with E-state index in [9.17, 15) is 13.2 Å². The van der Waals surface area contributed by atoms with E-state index in [2.05, 4.69) is 19.2 Å². The predicted molar refractivity (Wildman–Crippen MR) is 153 cm³/mol. The topological polar surface area (TPSA) is 63.2 Å². The summed E-state index contributed by atoms with van der Waals surface area (Å²) in [5.74, 6) is -0.0424. The average molecular weight is 514 g/mol. The fraction of sp³-hybridized carbons (Fsp3) is 0.581. The highest BCUT2D eigenvalue weighted by atomic mass is 32.2. The van der Waals surface area contributed by atoms with Crippen molar-refractivity contribution in [1.29, 1.82) is 0 Å². The maximum Gasteiger partial charge on any atom is 0.185 e. The molecule has 0 unspecified atom stereocenters. The first-order valence-corrected chi connectivity index (χ1v) is 15.7. The fourth-order valence-corrected chi connectivity index (χ4v) is 5.67. The van der Waals surface area contributed by atoms with E-state index in [4.69, 9.17) is 0 Å². The summed E-state index contributed by atoms with van der Waals surface area (Å²) in [4.78, 5) is 12.6. The van der Waals surface area contributed by atoms with Gasteiger partial charge in [0.1, 0.15) is 5.75 Å². The van der Waals surface area contributed by atoms with Crippen LogP contribution in [0, 0.1) is 5.92 Å². The number of benzene rings is 2. The van der Waals surface area contributed by atoms with Crippen molar-refractivity contribution in [2.75, 3.05) is 17.6 Å². The van der Waals surface area contributed by atoms with E-state index in [1.165, 1.54) is 89.2 Å². The summed E-state index contributed by atoms with van der Waals surface area (Å²) in [6.07, 6.45) is 17.5. The highest BCUT2D eigenvalue weighted by Crippen LogP contribution is 2.16. The first-order chi connectivity index (χ1) is 17.4. The van der Waals surface area contributed by atoms with Crippen molar-refractivity contribution in [2.45, 2.75) is 102 Å². The number of ketones is 1. The average Bonchev–Trinajstić information content (AvgIpc) is 2.87. The van der Waals surface area contributed by atoms with Crippen molar-refractivity contribution in [3.8, 4) is 0 Å². The van der Waals surface area contributed by atoms with Gasteiger partial charge in [-0.2, -0.15) is 0 Å². The summed E-state index contributed by atoms with van der Waals surface area (Å²) in [5.41, 5.74) is 1.38. The normalized spacial score (nSPS) is 11.6. The van der Waals surface area contributed by atoms with E-state index in [0.717, 1.165) is 24.6 Å². The highest BCUT2D eigenvalue weighted by molar-refractivity contribution is 7.92. The van der Waals surface area contributed by atoms with Crippen LogP contribution in [0.2, 0.25) is 0 Å². The molecular weight excluding hydrogens is 466 g/mol.